The van der Waals surface area contributed by atoms with E-state index < -0.39 is 29.6 Å². The SMILES string of the molecule is CCCN(CCC)C(=O)c1cc(C)cc(C(=O)N[C@@H](Cc2cc(F)cc(F)c2)C(N)COCc2cccc(CC)n2)c1. The van der Waals surface area contributed by atoms with Gasteiger partial charge in [-0.25, -0.2) is 8.78 Å². The zero-order valence-corrected chi connectivity index (χ0v) is 25.0. The number of carbonyl (C=O) groups excluding carboxylic acids is 2. The first-order chi connectivity index (χ1) is 20.1. The number of halogens is 2. The van der Waals surface area contributed by atoms with Gasteiger partial charge in [-0.15, -0.1) is 0 Å². The topological polar surface area (TPSA) is 97.6 Å². The molecule has 1 heterocycles. The van der Waals surface area contributed by atoms with Gasteiger partial charge < -0.3 is 20.7 Å². The van der Waals surface area contributed by atoms with Crippen molar-refractivity contribution in [1.29, 1.82) is 0 Å². The molecule has 42 heavy (non-hydrogen) atoms. The quantitative estimate of drug-likeness (QED) is 0.252. The van der Waals surface area contributed by atoms with Gasteiger partial charge in [-0.1, -0.05) is 26.8 Å². The number of amides is 2. The van der Waals surface area contributed by atoms with Gasteiger partial charge in [0.25, 0.3) is 11.8 Å². The van der Waals surface area contributed by atoms with Gasteiger partial charge in [0.05, 0.1) is 24.9 Å². The molecule has 7 nitrogen and oxygen atoms in total. The number of rotatable bonds is 15. The Morgan fingerprint density at radius 1 is 0.952 bits per heavy atom. The first kappa shape index (κ1) is 32.8. The molecule has 3 rings (SSSR count). The van der Waals surface area contributed by atoms with Gasteiger partial charge in [0.15, 0.2) is 0 Å². The maximum atomic E-state index is 14.0. The van der Waals surface area contributed by atoms with Crippen LogP contribution >= 0.6 is 0 Å². The fourth-order valence-electron chi connectivity index (χ4n) is 4.84. The van der Waals surface area contributed by atoms with Crippen molar-refractivity contribution in [1.82, 2.24) is 15.2 Å². The maximum Gasteiger partial charge on any atom is 0.253 e. The summed E-state index contributed by atoms with van der Waals surface area (Å²) in [5.41, 5.74) is 10.0. The Bertz CT molecular complexity index is 1320. The lowest BCUT2D eigenvalue weighted by Gasteiger charge is -2.26. The van der Waals surface area contributed by atoms with Crippen LogP contribution in [0.2, 0.25) is 0 Å². The molecule has 1 aromatic heterocycles. The Balaban J connectivity index is 1.80. The smallest absolute Gasteiger partial charge is 0.253 e. The number of nitrogens with zero attached hydrogens (tertiary/aromatic N) is 2. The highest BCUT2D eigenvalue weighted by atomic mass is 19.1. The van der Waals surface area contributed by atoms with Crippen LogP contribution in [0, 0.1) is 18.6 Å². The van der Waals surface area contributed by atoms with Crippen molar-refractivity contribution in [3.8, 4) is 0 Å². The van der Waals surface area contributed by atoms with Crippen LogP contribution in [0.3, 0.4) is 0 Å². The summed E-state index contributed by atoms with van der Waals surface area (Å²) in [6.07, 6.45) is 2.53. The second-order valence-electron chi connectivity index (χ2n) is 10.6. The third kappa shape index (κ3) is 9.70. The van der Waals surface area contributed by atoms with Crippen LogP contribution in [0.15, 0.2) is 54.6 Å². The van der Waals surface area contributed by atoms with Crippen molar-refractivity contribution in [2.75, 3.05) is 19.7 Å². The lowest BCUT2D eigenvalue weighted by molar-refractivity contribution is 0.0755. The van der Waals surface area contributed by atoms with Gasteiger partial charge in [0, 0.05) is 42.0 Å². The van der Waals surface area contributed by atoms with Crippen LogP contribution in [0.5, 0.6) is 0 Å². The van der Waals surface area contributed by atoms with Crippen molar-refractivity contribution in [3.05, 3.63) is 99.9 Å². The van der Waals surface area contributed by atoms with Crippen LogP contribution in [0.25, 0.3) is 0 Å². The minimum absolute atomic E-state index is 0.0708. The summed E-state index contributed by atoms with van der Waals surface area (Å²) in [4.78, 5) is 33.1. The largest absolute Gasteiger partial charge is 0.373 e. The summed E-state index contributed by atoms with van der Waals surface area (Å²) in [5.74, 6) is -2.01. The minimum Gasteiger partial charge on any atom is -0.373 e. The summed E-state index contributed by atoms with van der Waals surface area (Å²) >= 11 is 0. The zero-order valence-electron chi connectivity index (χ0n) is 25.0. The monoisotopic (exact) mass is 580 g/mol. The Labute approximate surface area is 247 Å². The molecule has 0 spiro atoms. The van der Waals surface area contributed by atoms with E-state index in [-0.39, 0.29) is 25.5 Å². The molecular formula is C33H42F2N4O3. The second kappa shape index (κ2) is 16.1. The number of ether oxygens (including phenoxy) is 1. The third-order valence-electron chi connectivity index (χ3n) is 6.86. The number of nitrogens with two attached hydrogens (primary N) is 1. The van der Waals surface area contributed by atoms with Gasteiger partial charge in [-0.3, -0.25) is 14.6 Å². The molecule has 9 heteroatoms. The Hall–Kier alpha value is -3.69. The van der Waals surface area contributed by atoms with Crippen LogP contribution < -0.4 is 11.1 Å². The van der Waals surface area contributed by atoms with E-state index in [1.54, 1.807) is 23.1 Å². The number of hydrogen-bond donors (Lipinski definition) is 2. The average molecular weight is 581 g/mol. The molecule has 2 aromatic carbocycles. The molecule has 2 amide bonds. The molecule has 0 bridgehead atoms. The summed E-state index contributed by atoms with van der Waals surface area (Å²) in [7, 11) is 0. The molecule has 2 atom stereocenters. The van der Waals surface area contributed by atoms with E-state index in [4.69, 9.17) is 10.5 Å². The normalized spacial score (nSPS) is 12.5. The Morgan fingerprint density at radius 2 is 1.60 bits per heavy atom. The second-order valence-corrected chi connectivity index (χ2v) is 10.6. The van der Waals surface area contributed by atoms with Crippen LogP contribution in [-0.4, -0.2) is 53.5 Å². The number of aryl methyl sites for hydroxylation is 2. The van der Waals surface area contributed by atoms with E-state index in [9.17, 15) is 18.4 Å². The molecular weight excluding hydrogens is 538 g/mol. The highest BCUT2D eigenvalue weighted by Gasteiger charge is 2.24. The number of hydrogen-bond acceptors (Lipinski definition) is 5. The average Bonchev–Trinajstić information content (AvgIpc) is 2.95. The number of carbonyl (C=O) groups is 2. The Kier molecular flexibility index (Phi) is 12.6. The van der Waals surface area contributed by atoms with E-state index in [1.807, 2.05) is 45.9 Å². The molecule has 0 fully saturated rings. The lowest BCUT2D eigenvalue weighted by Crippen LogP contribution is -2.51. The predicted octanol–water partition coefficient (Wildman–Crippen LogP) is 5.38. The van der Waals surface area contributed by atoms with Crippen LogP contribution in [-0.2, 0) is 24.2 Å². The van der Waals surface area contributed by atoms with Gasteiger partial charge in [-0.05, 0) is 86.2 Å². The highest BCUT2D eigenvalue weighted by Crippen LogP contribution is 2.16. The van der Waals surface area contributed by atoms with E-state index in [1.165, 1.54) is 12.1 Å². The van der Waals surface area contributed by atoms with Gasteiger partial charge in [0.2, 0.25) is 0 Å². The van der Waals surface area contributed by atoms with Crippen molar-refractivity contribution in [2.24, 2.45) is 5.73 Å². The molecule has 0 aliphatic heterocycles. The fraction of sp³-hybridized carbons (Fsp3) is 0.424. The van der Waals surface area contributed by atoms with E-state index in [2.05, 4.69) is 10.3 Å². The zero-order chi connectivity index (χ0) is 30.6. The third-order valence-corrected chi connectivity index (χ3v) is 6.86. The number of pyridine rings is 1. The first-order valence-electron chi connectivity index (χ1n) is 14.6. The van der Waals surface area contributed by atoms with Crippen LogP contribution in [0.4, 0.5) is 8.78 Å². The molecule has 226 valence electrons. The number of aromatic nitrogens is 1. The van der Waals surface area contributed by atoms with Crippen molar-refractivity contribution in [3.63, 3.8) is 0 Å². The molecule has 0 aliphatic rings. The molecule has 0 saturated carbocycles. The minimum atomic E-state index is -0.718. The first-order valence-corrected chi connectivity index (χ1v) is 14.6. The molecule has 3 aromatic rings. The van der Waals surface area contributed by atoms with E-state index in [0.717, 1.165) is 42.3 Å². The molecule has 1 unspecified atom stereocenters. The standard InChI is InChI=1S/C33H42F2N4O3/c1-5-11-39(12-6-2)33(41)25-14-22(4)13-24(18-25)32(40)38-31(17-23-15-26(34)19-27(35)16-23)30(36)21-42-20-29-10-8-9-28(7-3)37-29/h8-10,13-16,18-19,30-31H,5-7,11-12,17,20-21,36H2,1-4H3,(H,38,40)/t30?,31-/m0/s1. The number of benzene rings is 2. The molecule has 0 saturated heterocycles. The fourth-order valence-corrected chi connectivity index (χ4v) is 4.84. The summed E-state index contributed by atoms with van der Waals surface area (Å²) in [6.45, 7) is 9.43. The summed E-state index contributed by atoms with van der Waals surface area (Å²) in [5, 5.41) is 2.93. The van der Waals surface area contributed by atoms with Crippen molar-refractivity contribution >= 4 is 11.8 Å². The van der Waals surface area contributed by atoms with E-state index in [0.29, 0.717) is 29.8 Å². The van der Waals surface area contributed by atoms with Crippen molar-refractivity contribution in [2.45, 2.75) is 72.1 Å². The summed E-state index contributed by atoms with van der Waals surface area (Å²) < 4.78 is 33.8. The van der Waals surface area contributed by atoms with Gasteiger partial charge in [0.1, 0.15) is 11.6 Å². The van der Waals surface area contributed by atoms with Gasteiger partial charge in [-0.2, -0.15) is 0 Å². The molecule has 0 aliphatic carbocycles. The van der Waals surface area contributed by atoms with E-state index >= 15 is 0 Å². The molecule has 3 N–H and O–H groups in total. The van der Waals surface area contributed by atoms with Crippen molar-refractivity contribution < 1.29 is 23.1 Å². The Morgan fingerprint density at radius 3 is 2.24 bits per heavy atom. The maximum absolute atomic E-state index is 14.0. The van der Waals surface area contributed by atoms with Gasteiger partial charge >= 0.3 is 0 Å². The number of nitrogens with one attached hydrogen (secondary N) is 1. The highest BCUT2D eigenvalue weighted by molar-refractivity contribution is 6.00. The van der Waals surface area contributed by atoms with Crippen LogP contribution in [0.1, 0.15) is 76.8 Å². The lowest BCUT2D eigenvalue weighted by atomic mass is 9.98. The predicted molar refractivity (Wildman–Crippen MR) is 160 cm³/mol. The summed E-state index contributed by atoms with van der Waals surface area (Å²) in [6, 6.07) is 12.6. The molecule has 0 radical (unpaired) electrons.